The molecular weight excluding hydrogens is 258 g/mol. The first-order chi connectivity index (χ1) is 8.65. The van der Waals surface area contributed by atoms with Crippen molar-refractivity contribution in [1.29, 1.82) is 0 Å². The van der Waals surface area contributed by atoms with E-state index >= 15 is 0 Å². The highest BCUT2D eigenvalue weighted by molar-refractivity contribution is 8.15. The van der Waals surface area contributed by atoms with E-state index in [4.69, 9.17) is 9.52 Å². The number of aliphatic carboxylic acids is 1. The summed E-state index contributed by atoms with van der Waals surface area (Å²) in [5.41, 5.74) is 2.24. The Morgan fingerprint density at radius 2 is 2.56 bits per heavy atom. The molecule has 0 bridgehead atoms. The third-order valence-corrected chi connectivity index (χ3v) is 3.08. The Kier molecular flexibility index (Phi) is 3.78. The first kappa shape index (κ1) is 12.4. The molecule has 0 spiro atoms. The van der Waals surface area contributed by atoms with Gasteiger partial charge in [-0.2, -0.15) is 0 Å². The van der Waals surface area contributed by atoms with Gasteiger partial charge in [-0.1, -0.05) is 11.8 Å². The second-order valence-electron chi connectivity index (χ2n) is 3.35. The molecule has 0 unspecified atom stereocenters. The van der Waals surface area contributed by atoms with E-state index in [-0.39, 0.29) is 11.6 Å². The minimum absolute atomic E-state index is 0.272. The number of amidine groups is 1. The fourth-order valence-electron chi connectivity index (χ4n) is 1.22. The highest BCUT2D eigenvalue weighted by Gasteiger charge is 2.27. The predicted molar refractivity (Wildman–Crippen MR) is 65.5 cm³/mol. The Labute approximate surface area is 106 Å². The predicted octanol–water partition coefficient (Wildman–Crippen LogP) is 0.676. The summed E-state index contributed by atoms with van der Waals surface area (Å²) in [5.74, 6) is -0.928. The molecule has 1 aliphatic rings. The molecule has 0 aromatic carbocycles. The molecule has 1 aliphatic heterocycles. The summed E-state index contributed by atoms with van der Waals surface area (Å²) < 4.78 is 5.04. The molecule has 2 rings (SSSR count). The van der Waals surface area contributed by atoms with Gasteiger partial charge >= 0.3 is 5.97 Å². The summed E-state index contributed by atoms with van der Waals surface area (Å²) in [4.78, 5) is 25.9. The van der Waals surface area contributed by atoms with E-state index in [2.05, 4.69) is 15.5 Å². The molecule has 2 N–H and O–H groups in total. The van der Waals surface area contributed by atoms with Gasteiger partial charge in [-0.3, -0.25) is 9.59 Å². The molecule has 0 aliphatic carbocycles. The Bertz CT molecular complexity index is 509. The van der Waals surface area contributed by atoms with Crippen molar-refractivity contribution in [2.45, 2.75) is 11.7 Å². The van der Waals surface area contributed by atoms with Crippen LogP contribution in [0.15, 0.2) is 32.9 Å². The SMILES string of the molecule is O=C(O)C[C@H]1SC(N=Cc2ccco2)=NNC1=O. The van der Waals surface area contributed by atoms with Crippen molar-refractivity contribution in [2.75, 3.05) is 0 Å². The standard InChI is InChI=1S/C10H9N3O4S/c14-8(15)4-7-9(16)12-13-10(18-7)11-5-6-2-1-3-17-6/h1-3,5,7H,4H2,(H,12,16)(H,14,15)/t7-/m1/s1. The van der Waals surface area contributed by atoms with Crippen LogP contribution in [0, 0.1) is 0 Å². The van der Waals surface area contributed by atoms with Gasteiger partial charge in [-0.15, -0.1) is 5.10 Å². The fraction of sp³-hybridized carbons (Fsp3) is 0.200. The Morgan fingerprint density at radius 3 is 3.22 bits per heavy atom. The zero-order chi connectivity index (χ0) is 13.0. The van der Waals surface area contributed by atoms with Crippen LogP contribution in [0.5, 0.6) is 0 Å². The smallest absolute Gasteiger partial charge is 0.305 e. The molecule has 7 nitrogen and oxygen atoms in total. The molecule has 8 heteroatoms. The summed E-state index contributed by atoms with van der Waals surface area (Å²) in [6.07, 6.45) is 2.68. The quantitative estimate of drug-likeness (QED) is 0.783. The lowest BCUT2D eigenvalue weighted by atomic mass is 10.3. The second kappa shape index (κ2) is 5.50. The molecule has 0 saturated heterocycles. The Morgan fingerprint density at radius 1 is 1.72 bits per heavy atom. The van der Waals surface area contributed by atoms with Crippen molar-refractivity contribution < 1.29 is 19.1 Å². The van der Waals surface area contributed by atoms with Crippen molar-refractivity contribution in [3.8, 4) is 0 Å². The van der Waals surface area contributed by atoms with E-state index in [1.807, 2.05) is 0 Å². The fourth-order valence-corrected chi connectivity index (χ4v) is 2.07. The summed E-state index contributed by atoms with van der Waals surface area (Å²) >= 11 is 1.01. The van der Waals surface area contributed by atoms with Crippen LogP contribution in [-0.4, -0.2) is 33.6 Å². The van der Waals surface area contributed by atoms with Gasteiger partial charge in [0, 0.05) is 0 Å². The second-order valence-corrected chi connectivity index (χ2v) is 4.52. The lowest BCUT2D eigenvalue weighted by Crippen LogP contribution is -2.35. The third kappa shape index (κ3) is 3.20. The Hall–Kier alpha value is -2.09. The van der Waals surface area contributed by atoms with Gasteiger partial charge in [0.1, 0.15) is 11.0 Å². The third-order valence-electron chi connectivity index (χ3n) is 2.01. The first-order valence-electron chi connectivity index (χ1n) is 4.99. The van der Waals surface area contributed by atoms with Gasteiger partial charge in [0.15, 0.2) is 0 Å². The monoisotopic (exact) mass is 267 g/mol. The number of aliphatic imine (C=N–C) groups is 1. The number of hydrogen-bond donors (Lipinski definition) is 2. The van der Waals surface area contributed by atoms with Crippen molar-refractivity contribution in [3.05, 3.63) is 24.2 Å². The number of rotatable bonds is 3. The van der Waals surface area contributed by atoms with Gasteiger partial charge in [0.2, 0.25) is 5.17 Å². The molecule has 0 fully saturated rings. The lowest BCUT2D eigenvalue weighted by Gasteiger charge is -2.16. The van der Waals surface area contributed by atoms with Crippen LogP contribution in [0.1, 0.15) is 12.2 Å². The number of furan rings is 1. The number of carboxylic acids is 1. The molecule has 0 saturated carbocycles. The van der Waals surface area contributed by atoms with Crippen LogP contribution in [0.2, 0.25) is 0 Å². The number of amides is 1. The number of hydrogen-bond acceptors (Lipinski definition) is 6. The minimum atomic E-state index is -1.04. The average Bonchev–Trinajstić information content (AvgIpc) is 2.82. The van der Waals surface area contributed by atoms with Crippen molar-refractivity contribution in [1.82, 2.24) is 5.43 Å². The lowest BCUT2D eigenvalue weighted by molar-refractivity contribution is -0.138. The van der Waals surface area contributed by atoms with E-state index in [1.54, 1.807) is 12.1 Å². The van der Waals surface area contributed by atoms with E-state index in [0.29, 0.717) is 5.76 Å². The maximum absolute atomic E-state index is 11.3. The molecule has 2 heterocycles. The van der Waals surface area contributed by atoms with E-state index < -0.39 is 17.1 Å². The summed E-state index contributed by atoms with van der Waals surface area (Å²) in [5, 5.41) is 11.9. The molecule has 1 atom stereocenters. The zero-order valence-electron chi connectivity index (χ0n) is 9.07. The van der Waals surface area contributed by atoms with Crippen LogP contribution in [0.4, 0.5) is 0 Å². The van der Waals surface area contributed by atoms with Crippen LogP contribution < -0.4 is 5.43 Å². The van der Waals surface area contributed by atoms with Gasteiger partial charge in [0.05, 0.1) is 18.9 Å². The van der Waals surface area contributed by atoms with Crippen molar-refractivity contribution in [3.63, 3.8) is 0 Å². The van der Waals surface area contributed by atoms with Crippen LogP contribution >= 0.6 is 11.8 Å². The molecule has 1 amide bonds. The van der Waals surface area contributed by atoms with E-state index in [0.717, 1.165) is 11.8 Å². The normalized spacial score (nSPS) is 19.7. The molecule has 0 radical (unpaired) electrons. The number of carbonyl (C=O) groups excluding carboxylic acids is 1. The number of hydrazone groups is 1. The number of thioether (sulfide) groups is 1. The molecule has 94 valence electrons. The minimum Gasteiger partial charge on any atom is -0.481 e. The zero-order valence-corrected chi connectivity index (χ0v) is 9.88. The largest absolute Gasteiger partial charge is 0.481 e. The van der Waals surface area contributed by atoms with E-state index in [1.165, 1.54) is 12.5 Å². The van der Waals surface area contributed by atoms with Crippen LogP contribution in [0.25, 0.3) is 0 Å². The summed E-state index contributed by atoms with van der Waals surface area (Å²) in [7, 11) is 0. The highest BCUT2D eigenvalue weighted by atomic mass is 32.2. The molecular formula is C10H9N3O4S. The van der Waals surface area contributed by atoms with Gasteiger partial charge in [-0.25, -0.2) is 10.4 Å². The molecule has 1 aromatic rings. The number of carbonyl (C=O) groups is 2. The van der Waals surface area contributed by atoms with Crippen molar-refractivity contribution >= 4 is 35.0 Å². The van der Waals surface area contributed by atoms with Crippen molar-refractivity contribution in [2.24, 2.45) is 10.1 Å². The Balaban J connectivity index is 2.02. The van der Waals surface area contributed by atoms with E-state index in [9.17, 15) is 9.59 Å². The van der Waals surface area contributed by atoms with Crippen LogP contribution in [0.3, 0.4) is 0 Å². The number of nitrogens with one attached hydrogen (secondary N) is 1. The maximum Gasteiger partial charge on any atom is 0.305 e. The number of carboxylic acid groups (broad SMARTS) is 1. The summed E-state index contributed by atoms with van der Waals surface area (Å²) in [6.45, 7) is 0. The molecule has 1 aromatic heterocycles. The van der Waals surface area contributed by atoms with Gasteiger partial charge in [0.25, 0.3) is 5.91 Å². The maximum atomic E-state index is 11.3. The summed E-state index contributed by atoms with van der Waals surface area (Å²) in [6, 6.07) is 3.43. The van der Waals surface area contributed by atoms with Crippen LogP contribution in [-0.2, 0) is 9.59 Å². The van der Waals surface area contributed by atoms with Gasteiger partial charge < -0.3 is 9.52 Å². The molecule has 18 heavy (non-hydrogen) atoms. The first-order valence-corrected chi connectivity index (χ1v) is 5.86. The topological polar surface area (TPSA) is 104 Å². The number of nitrogens with zero attached hydrogens (tertiary/aromatic N) is 2. The average molecular weight is 267 g/mol. The van der Waals surface area contributed by atoms with Gasteiger partial charge in [-0.05, 0) is 12.1 Å². The highest BCUT2D eigenvalue weighted by Crippen LogP contribution is 2.21.